The number of furan rings is 1. The first-order valence-electron chi connectivity index (χ1n) is 13.8. The molecule has 0 saturated carbocycles. The van der Waals surface area contributed by atoms with E-state index in [-0.39, 0.29) is 6.10 Å². The maximum absolute atomic E-state index is 13.2. The Labute approximate surface area is 254 Å². The molecule has 0 aliphatic rings. The fraction of sp³-hybridized carbons (Fsp3) is 0.333. The van der Waals surface area contributed by atoms with Gasteiger partial charge in [0.05, 0.1) is 32.1 Å². The number of nitrogens with zero attached hydrogens (tertiary/aromatic N) is 3. The lowest BCUT2D eigenvalue weighted by Crippen LogP contribution is -2.38. The lowest BCUT2D eigenvalue weighted by Gasteiger charge is -2.39. The first-order chi connectivity index (χ1) is 20.1. The van der Waals surface area contributed by atoms with E-state index in [1.165, 1.54) is 0 Å². The molecule has 9 heteroatoms. The van der Waals surface area contributed by atoms with Crippen LogP contribution in [-0.2, 0) is 5.60 Å². The van der Waals surface area contributed by atoms with Gasteiger partial charge in [-0.25, -0.2) is 4.98 Å². The molecule has 2 unspecified atom stereocenters. The summed E-state index contributed by atoms with van der Waals surface area (Å²) in [5, 5.41) is 15.0. The Morgan fingerprint density at radius 2 is 1.74 bits per heavy atom. The minimum atomic E-state index is -1.49. The highest BCUT2D eigenvalue weighted by molar-refractivity contribution is 9.10. The van der Waals surface area contributed by atoms with Gasteiger partial charge in [-0.3, -0.25) is 0 Å². The van der Waals surface area contributed by atoms with Crippen molar-refractivity contribution < 1.29 is 23.7 Å². The average molecular weight is 635 g/mol. The maximum atomic E-state index is 13.2. The molecule has 2 aromatic carbocycles. The summed E-state index contributed by atoms with van der Waals surface area (Å²) in [6.45, 7) is 4.48. The first-order valence-corrected chi connectivity index (χ1v) is 14.6. The summed E-state index contributed by atoms with van der Waals surface area (Å²) >= 11 is 3.60. The van der Waals surface area contributed by atoms with E-state index in [0.29, 0.717) is 47.3 Å². The number of hydrogen-bond donors (Lipinski definition) is 1. The molecular formula is C33H36BrN3O5. The molecule has 0 spiro atoms. The molecule has 0 bridgehead atoms. The molecule has 220 valence electrons. The standard InChI is InChI=1S/C33H36BrN3O5/c1-20(2)42-29-19-23(18-28(36-29)39-5)30(25-17-22-16-24(34)10-11-27(22)35-32(25)40-6)33(38,13-14-37(3)4)26-9-7-8-21-12-15-41-31(21)26/h7-12,15-20,30,38H,13-14H2,1-6H3. The van der Waals surface area contributed by atoms with Gasteiger partial charge in [0.2, 0.25) is 17.6 Å². The number of aromatic nitrogens is 2. The molecule has 2 atom stereocenters. The topological polar surface area (TPSA) is 90.1 Å². The number of fused-ring (bicyclic) bond motifs is 2. The molecule has 3 heterocycles. The van der Waals surface area contributed by atoms with Gasteiger partial charge in [0, 0.05) is 51.0 Å². The number of methoxy groups -OCH3 is 2. The summed E-state index contributed by atoms with van der Waals surface area (Å²) < 4.78 is 24.5. The van der Waals surface area contributed by atoms with E-state index in [4.69, 9.17) is 23.6 Å². The highest BCUT2D eigenvalue weighted by atomic mass is 79.9. The molecule has 1 N–H and O–H groups in total. The summed E-state index contributed by atoms with van der Waals surface area (Å²) in [5.41, 5.74) is 2.01. The molecule has 0 fully saturated rings. The van der Waals surface area contributed by atoms with Crippen molar-refractivity contribution in [3.8, 4) is 17.6 Å². The summed E-state index contributed by atoms with van der Waals surface area (Å²) in [6.07, 6.45) is 1.90. The SMILES string of the molecule is COc1cc(C(c2cc3cc(Br)ccc3nc2OC)C(O)(CCN(C)C)c2cccc3ccoc23)cc(OC(C)C)n1. The van der Waals surface area contributed by atoms with Crippen molar-refractivity contribution in [1.29, 1.82) is 0 Å². The van der Waals surface area contributed by atoms with Gasteiger partial charge in [-0.1, -0.05) is 34.1 Å². The molecule has 0 amide bonds. The number of aliphatic hydroxyl groups is 1. The van der Waals surface area contributed by atoms with E-state index < -0.39 is 11.5 Å². The number of pyridine rings is 2. The van der Waals surface area contributed by atoms with E-state index in [9.17, 15) is 5.11 Å². The van der Waals surface area contributed by atoms with Crippen LogP contribution in [0.5, 0.6) is 17.6 Å². The van der Waals surface area contributed by atoms with Gasteiger partial charge in [-0.15, -0.1) is 0 Å². The number of halogens is 1. The highest BCUT2D eigenvalue weighted by Crippen LogP contribution is 2.50. The van der Waals surface area contributed by atoms with Crippen LogP contribution in [0.25, 0.3) is 21.9 Å². The zero-order valence-electron chi connectivity index (χ0n) is 24.7. The van der Waals surface area contributed by atoms with Crippen LogP contribution in [0.1, 0.15) is 42.9 Å². The summed E-state index contributed by atoms with van der Waals surface area (Å²) in [6, 6.07) is 19.4. The Bertz CT molecular complexity index is 1700. The Balaban J connectivity index is 1.87. The van der Waals surface area contributed by atoms with E-state index in [2.05, 4.69) is 25.8 Å². The van der Waals surface area contributed by atoms with Gasteiger partial charge in [0.25, 0.3) is 0 Å². The second-order valence-corrected chi connectivity index (χ2v) is 11.8. The van der Waals surface area contributed by atoms with E-state index >= 15 is 0 Å². The summed E-state index contributed by atoms with van der Waals surface area (Å²) in [5.74, 6) is 0.484. The van der Waals surface area contributed by atoms with E-state index in [1.807, 2.05) is 88.6 Å². The van der Waals surface area contributed by atoms with Crippen molar-refractivity contribution in [2.75, 3.05) is 34.9 Å². The molecular weight excluding hydrogens is 598 g/mol. The molecule has 0 saturated heterocycles. The zero-order valence-corrected chi connectivity index (χ0v) is 26.3. The lowest BCUT2D eigenvalue weighted by atomic mass is 9.71. The molecule has 0 aliphatic heterocycles. The quantitative estimate of drug-likeness (QED) is 0.168. The lowest BCUT2D eigenvalue weighted by molar-refractivity contribution is 0.00427. The summed E-state index contributed by atoms with van der Waals surface area (Å²) in [7, 11) is 7.14. The maximum Gasteiger partial charge on any atom is 0.217 e. The van der Waals surface area contributed by atoms with Gasteiger partial charge >= 0.3 is 0 Å². The minimum Gasteiger partial charge on any atom is -0.481 e. The predicted molar refractivity (Wildman–Crippen MR) is 168 cm³/mol. The number of para-hydroxylation sites is 1. The van der Waals surface area contributed by atoms with Crippen LogP contribution in [0.2, 0.25) is 0 Å². The Morgan fingerprint density at radius 1 is 0.952 bits per heavy atom. The monoisotopic (exact) mass is 633 g/mol. The minimum absolute atomic E-state index is 0.116. The van der Waals surface area contributed by atoms with E-state index in [1.54, 1.807) is 20.5 Å². The number of ether oxygens (including phenoxy) is 3. The molecule has 5 rings (SSSR count). The van der Waals surface area contributed by atoms with Gasteiger partial charge in [0.15, 0.2) is 0 Å². The van der Waals surface area contributed by atoms with Gasteiger partial charge < -0.3 is 28.6 Å². The normalized spacial score (nSPS) is 14.0. The third-order valence-electron chi connectivity index (χ3n) is 7.34. The van der Waals surface area contributed by atoms with Crippen LogP contribution in [-0.4, -0.2) is 60.9 Å². The van der Waals surface area contributed by atoms with Crippen molar-refractivity contribution in [1.82, 2.24) is 14.9 Å². The molecule has 3 aromatic heterocycles. The molecule has 5 aromatic rings. The first kappa shape index (κ1) is 29.8. The molecule has 0 aliphatic carbocycles. The Hall–Kier alpha value is -3.66. The largest absolute Gasteiger partial charge is 0.481 e. The number of benzene rings is 2. The van der Waals surface area contributed by atoms with Crippen LogP contribution in [0.15, 0.2) is 75.8 Å². The second-order valence-electron chi connectivity index (χ2n) is 10.9. The second kappa shape index (κ2) is 12.3. The van der Waals surface area contributed by atoms with Crippen LogP contribution in [0.3, 0.4) is 0 Å². The van der Waals surface area contributed by atoms with Crippen molar-refractivity contribution in [2.24, 2.45) is 0 Å². The Morgan fingerprint density at radius 3 is 2.45 bits per heavy atom. The van der Waals surface area contributed by atoms with Crippen LogP contribution in [0, 0.1) is 0 Å². The van der Waals surface area contributed by atoms with Crippen LogP contribution in [0.4, 0.5) is 0 Å². The van der Waals surface area contributed by atoms with Gasteiger partial charge in [0.1, 0.15) is 11.2 Å². The fourth-order valence-corrected chi connectivity index (χ4v) is 5.84. The third-order valence-corrected chi connectivity index (χ3v) is 7.83. The van der Waals surface area contributed by atoms with E-state index in [0.717, 1.165) is 26.3 Å². The van der Waals surface area contributed by atoms with Crippen LogP contribution < -0.4 is 14.2 Å². The number of hydrogen-bond acceptors (Lipinski definition) is 8. The highest BCUT2D eigenvalue weighted by Gasteiger charge is 2.44. The van der Waals surface area contributed by atoms with Crippen molar-refractivity contribution >= 4 is 37.8 Å². The predicted octanol–water partition coefficient (Wildman–Crippen LogP) is 6.91. The Kier molecular flexibility index (Phi) is 8.73. The molecule has 8 nitrogen and oxygen atoms in total. The summed E-state index contributed by atoms with van der Waals surface area (Å²) in [4.78, 5) is 11.5. The zero-order chi connectivity index (χ0) is 30.0. The smallest absolute Gasteiger partial charge is 0.217 e. The third kappa shape index (κ3) is 5.95. The van der Waals surface area contributed by atoms with Crippen molar-refractivity contribution in [3.63, 3.8) is 0 Å². The van der Waals surface area contributed by atoms with Crippen molar-refractivity contribution in [2.45, 2.75) is 37.9 Å². The van der Waals surface area contributed by atoms with Gasteiger partial charge in [-0.2, -0.15) is 4.98 Å². The molecule has 0 radical (unpaired) electrons. The van der Waals surface area contributed by atoms with Gasteiger partial charge in [-0.05, 0) is 70.3 Å². The van der Waals surface area contributed by atoms with Crippen molar-refractivity contribution in [3.05, 3.63) is 88.1 Å². The van der Waals surface area contributed by atoms with Crippen LogP contribution >= 0.6 is 15.9 Å². The number of rotatable bonds is 11. The molecule has 42 heavy (non-hydrogen) atoms. The average Bonchev–Trinajstić information content (AvgIpc) is 3.44. The fourth-order valence-electron chi connectivity index (χ4n) is 5.46.